The molecule has 2 aliphatic rings. The Bertz CT molecular complexity index is 924. The highest BCUT2D eigenvalue weighted by molar-refractivity contribution is 14.0. The molecular weight excluding hydrogens is 491 g/mol. The number of piperidine rings is 1. The number of carbonyl (C=O) groups is 1. The summed E-state index contributed by atoms with van der Waals surface area (Å²) < 4.78 is 0. The van der Waals surface area contributed by atoms with Crippen LogP contribution in [-0.4, -0.2) is 29.9 Å². The van der Waals surface area contributed by atoms with Crippen LogP contribution in [0.2, 0.25) is 0 Å². The van der Waals surface area contributed by atoms with Gasteiger partial charge >= 0.3 is 0 Å². The van der Waals surface area contributed by atoms with Crippen molar-refractivity contribution in [1.29, 1.82) is 0 Å². The minimum atomic E-state index is -0.208. The number of benzene rings is 1. The van der Waals surface area contributed by atoms with Gasteiger partial charge in [0.05, 0.1) is 6.54 Å². The molecule has 8 heteroatoms. The van der Waals surface area contributed by atoms with E-state index in [4.69, 9.17) is 11.5 Å². The van der Waals surface area contributed by atoms with Gasteiger partial charge in [-0.2, -0.15) is 0 Å². The average molecular weight is 520 g/mol. The molecule has 0 radical (unpaired) electrons. The van der Waals surface area contributed by atoms with Gasteiger partial charge in [0.25, 0.3) is 0 Å². The van der Waals surface area contributed by atoms with Crippen LogP contribution in [0.5, 0.6) is 0 Å². The predicted octanol–water partition coefficient (Wildman–Crippen LogP) is 2.82. The topological polar surface area (TPSA) is 110 Å². The largest absolute Gasteiger partial charge is 0.370 e. The Kier molecular flexibility index (Phi) is 7.52. The second-order valence-corrected chi connectivity index (χ2v) is 7.81. The van der Waals surface area contributed by atoms with Crippen molar-refractivity contribution in [2.24, 2.45) is 22.4 Å². The molecule has 1 aromatic carbocycles. The van der Waals surface area contributed by atoms with Crippen molar-refractivity contribution >= 4 is 47.3 Å². The van der Waals surface area contributed by atoms with E-state index in [1.807, 2.05) is 12.1 Å². The Balaban J connectivity index is 0.00000256. The maximum Gasteiger partial charge on any atom is 0.220 e. The van der Waals surface area contributed by atoms with Crippen LogP contribution < -0.4 is 21.7 Å². The highest BCUT2D eigenvalue weighted by Gasteiger charge is 2.24. The molecular formula is C22H29IN6O. The quantitative estimate of drug-likeness (QED) is 0.319. The van der Waals surface area contributed by atoms with E-state index < -0.39 is 0 Å². The Morgan fingerprint density at radius 2 is 1.93 bits per heavy atom. The second-order valence-electron chi connectivity index (χ2n) is 7.81. The summed E-state index contributed by atoms with van der Waals surface area (Å²) in [7, 11) is 0. The minimum Gasteiger partial charge on any atom is -0.370 e. The van der Waals surface area contributed by atoms with Crippen molar-refractivity contribution in [2.75, 3.05) is 23.3 Å². The Hall–Kier alpha value is -2.36. The minimum absolute atomic E-state index is 0. The number of rotatable bonds is 5. The summed E-state index contributed by atoms with van der Waals surface area (Å²) in [5, 5.41) is 3.20. The van der Waals surface area contributed by atoms with E-state index in [0.717, 1.165) is 49.4 Å². The number of nitrogens with one attached hydrogen (secondary N) is 1. The molecule has 1 saturated heterocycles. The zero-order valence-corrected chi connectivity index (χ0v) is 19.3. The third-order valence-electron chi connectivity index (χ3n) is 5.86. The van der Waals surface area contributed by atoms with Gasteiger partial charge in [-0.1, -0.05) is 12.1 Å². The van der Waals surface area contributed by atoms with Crippen molar-refractivity contribution in [3.05, 3.63) is 53.2 Å². The Morgan fingerprint density at radius 1 is 1.17 bits per heavy atom. The number of carbonyl (C=O) groups excluding carboxylic acids is 1. The lowest BCUT2D eigenvalue weighted by Crippen LogP contribution is -2.39. The summed E-state index contributed by atoms with van der Waals surface area (Å²) in [6.07, 6.45) is 6.83. The zero-order valence-electron chi connectivity index (χ0n) is 17.0. The number of halogens is 1. The number of aliphatic imine (C=N–C) groups is 1. The summed E-state index contributed by atoms with van der Waals surface area (Å²) in [6, 6.07) is 10.3. The number of fused-ring (bicyclic) bond motifs is 1. The summed E-state index contributed by atoms with van der Waals surface area (Å²) in [5.74, 6) is 1.05. The molecule has 1 fully saturated rings. The molecule has 1 aromatic heterocycles. The summed E-state index contributed by atoms with van der Waals surface area (Å²) in [6.45, 7) is 1.98. The fourth-order valence-electron chi connectivity index (χ4n) is 4.22. The normalized spacial score (nSPS) is 16.7. The molecule has 5 N–H and O–H groups in total. The maximum absolute atomic E-state index is 11.4. The van der Waals surface area contributed by atoms with Crippen molar-refractivity contribution < 1.29 is 4.79 Å². The van der Waals surface area contributed by atoms with Gasteiger partial charge in [-0.05, 0) is 61.4 Å². The highest BCUT2D eigenvalue weighted by Crippen LogP contribution is 2.26. The van der Waals surface area contributed by atoms with Crippen LogP contribution in [0.15, 0.2) is 41.5 Å². The lowest BCUT2D eigenvalue weighted by Gasteiger charge is -2.32. The van der Waals surface area contributed by atoms with E-state index in [1.54, 1.807) is 6.20 Å². The first-order chi connectivity index (χ1) is 14.1. The van der Waals surface area contributed by atoms with Gasteiger partial charge in [0.2, 0.25) is 5.91 Å². The molecule has 0 unspecified atom stereocenters. The SMILES string of the molecule is I.NC(=O)C1CCN(c2ncccc2CN=C(N)Nc2ccc3c(c2)CCC3)CC1. The standard InChI is InChI=1S/C22H28N6O.HI/c23-20(29)16-8-11-28(12-9-16)21-18(5-2-10-25-21)14-26-22(24)27-19-7-6-15-3-1-4-17(15)13-19;/h2,5-7,10,13,16H,1,3-4,8-9,11-12,14H2,(H2,23,29)(H3,24,26,27);1H. The first-order valence-corrected chi connectivity index (χ1v) is 10.3. The van der Waals surface area contributed by atoms with Gasteiger partial charge in [-0.25, -0.2) is 9.98 Å². The van der Waals surface area contributed by atoms with Gasteiger partial charge in [0.15, 0.2) is 5.96 Å². The molecule has 0 saturated carbocycles. The van der Waals surface area contributed by atoms with Gasteiger partial charge < -0.3 is 21.7 Å². The number of aromatic nitrogens is 1. The van der Waals surface area contributed by atoms with Crippen LogP contribution >= 0.6 is 24.0 Å². The van der Waals surface area contributed by atoms with Crippen LogP contribution in [-0.2, 0) is 24.2 Å². The number of amides is 1. The molecule has 30 heavy (non-hydrogen) atoms. The number of anilines is 2. The molecule has 1 amide bonds. The van der Waals surface area contributed by atoms with Crippen molar-refractivity contribution in [1.82, 2.24) is 4.98 Å². The van der Waals surface area contributed by atoms with Crippen molar-refractivity contribution in [3.63, 3.8) is 0 Å². The first kappa shape index (κ1) is 22.3. The first-order valence-electron chi connectivity index (χ1n) is 10.3. The number of hydrogen-bond donors (Lipinski definition) is 3. The van der Waals surface area contributed by atoms with Crippen LogP contribution in [0.3, 0.4) is 0 Å². The van der Waals surface area contributed by atoms with Crippen molar-refractivity contribution in [3.8, 4) is 0 Å². The van der Waals surface area contributed by atoms with E-state index in [9.17, 15) is 4.79 Å². The fraction of sp³-hybridized carbons (Fsp3) is 0.409. The lowest BCUT2D eigenvalue weighted by molar-refractivity contribution is -0.122. The molecule has 0 bridgehead atoms. The van der Waals surface area contributed by atoms with Crippen LogP contribution in [0.25, 0.3) is 0 Å². The average Bonchev–Trinajstić information content (AvgIpc) is 3.20. The molecule has 2 heterocycles. The smallest absolute Gasteiger partial charge is 0.220 e. The van der Waals surface area contributed by atoms with Gasteiger partial charge in [-0.15, -0.1) is 24.0 Å². The fourth-order valence-corrected chi connectivity index (χ4v) is 4.22. The van der Waals surface area contributed by atoms with Crippen LogP contribution in [0.1, 0.15) is 36.0 Å². The molecule has 1 aliphatic heterocycles. The third-order valence-corrected chi connectivity index (χ3v) is 5.86. The maximum atomic E-state index is 11.4. The number of guanidine groups is 1. The van der Waals surface area contributed by atoms with E-state index in [0.29, 0.717) is 12.5 Å². The van der Waals surface area contributed by atoms with E-state index >= 15 is 0 Å². The molecule has 160 valence electrons. The van der Waals surface area contributed by atoms with Crippen molar-refractivity contribution in [2.45, 2.75) is 38.6 Å². The number of nitrogens with two attached hydrogens (primary N) is 2. The number of pyridine rings is 1. The molecule has 0 atom stereocenters. The summed E-state index contributed by atoms with van der Waals surface area (Å²) in [5.41, 5.74) is 16.4. The second kappa shape index (κ2) is 10.1. The van der Waals surface area contributed by atoms with E-state index in [1.165, 1.54) is 24.0 Å². The summed E-state index contributed by atoms with van der Waals surface area (Å²) in [4.78, 5) is 22.7. The number of hydrogen-bond acceptors (Lipinski definition) is 4. The molecule has 1 aliphatic carbocycles. The molecule has 7 nitrogen and oxygen atoms in total. The molecule has 4 rings (SSSR count). The third kappa shape index (κ3) is 5.21. The Morgan fingerprint density at radius 3 is 2.70 bits per heavy atom. The van der Waals surface area contributed by atoms with E-state index in [-0.39, 0.29) is 35.8 Å². The summed E-state index contributed by atoms with van der Waals surface area (Å²) >= 11 is 0. The number of aryl methyl sites for hydroxylation is 2. The van der Waals surface area contributed by atoms with Gasteiger partial charge in [-0.3, -0.25) is 4.79 Å². The highest BCUT2D eigenvalue weighted by atomic mass is 127. The van der Waals surface area contributed by atoms with E-state index in [2.05, 4.69) is 38.4 Å². The van der Waals surface area contributed by atoms with Crippen LogP contribution in [0.4, 0.5) is 11.5 Å². The Labute approximate surface area is 194 Å². The predicted molar refractivity (Wildman–Crippen MR) is 131 cm³/mol. The molecule has 0 spiro atoms. The number of primary amides is 1. The van der Waals surface area contributed by atoms with Crippen LogP contribution in [0, 0.1) is 5.92 Å². The van der Waals surface area contributed by atoms with Gasteiger partial charge in [0.1, 0.15) is 5.82 Å². The zero-order chi connectivity index (χ0) is 20.2. The number of nitrogens with zero attached hydrogens (tertiary/aromatic N) is 3. The molecule has 2 aromatic rings. The monoisotopic (exact) mass is 520 g/mol. The lowest BCUT2D eigenvalue weighted by atomic mass is 9.96. The van der Waals surface area contributed by atoms with Gasteiger partial charge in [0, 0.05) is 36.5 Å².